The number of aliphatic hydroxyl groups excluding tert-OH is 1. The maximum absolute atomic E-state index is 11.7. The smallest absolute Gasteiger partial charge is 0.254 e. The van der Waals surface area contributed by atoms with Gasteiger partial charge in [0.1, 0.15) is 17.5 Å². The molecule has 10 unspecified atom stereocenters. The van der Waals surface area contributed by atoms with Gasteiger partial charge in [0.25, 0.3) is 17.7 Å². The molecule has 3 fully saturated rings. The summed E-state index contributed by atoms with van der Waals surface area (Å²) in [5.74, 6) is -2.18. The molecule has 0 spiro atoms. The molecule has 0 saturated heterocycles. The molecule has 21 nitrogen and oxygen atoms in total. The van der Waals surface area contributed by atoms with Crippen molar-refractivity contribution in [3.63, 3.8) is 0 Å². The van der Waals surface area contributed by atoms with Gasteiger partial charge in [-0.3, -0.25) is 14.4 Å². The quantitative estimate of drug-likeness (QED) is 0.110. The monoisotopic (exact) mass is 970 g/mol. The van der Waals surface area contributed by atoms with E-state index in [0.29, 0.717) is 30.6 Å². The van der Waals surface area contributed by atoms with E-state index in [-0.39, 0.29) is 94.5 Å². The van der Waals surface area contributed by atoms with Crippen LogP contribution in [0.3, 0.4) is 0 Å². The van der Waals surface area contributed by atoms with Crippen molar-refractivity contribution in [2.24, 2.45) is 34.9 Å². The molecule has 3 aromatic rings. The summed E-state index contributed by atoms with van der Waals surface area (Å²) in [4.78, 5) is 60.2. The van der Waals surface area contributed by atoms with Gasteiger partial charge >= 0.3 is 0 Å². The van der Waals surface area contributed by atoms with Gasteiger partial charge in [-0.25, -0.2) is 15.0 Å². The first-order chi connectivity index (χ1) is 34.0. The number of carbonyl (C=O) groups is 3. The molecule has 0 aliphatic heterocycles. The summed E-state index contributed by atoms with van der Waals surface area (Å²) in [6, 6.07) is -3.08. The minimum atomic E-state index is -2.10. The molecule has 3 saturated carbocycles. The number of carbonyl (C=O) groups excluding carboxylic acids is 3. The van der Waals surface area contributed by atoms with Crippen molar-refractivity contribution in [3.8, 4) is 0 Å². The van der Waals surface area contributed by atoms with Crippen LogP contribution in [0.2, 0.25) is 0 Å². The minimum absolute atomic E-state index is 0.0174. The van der Waals surface area contributed by atoms with Crippen molar-refractivity contribution in [1.29, 1.82) is 0 Å². The summed E-state index contributed by atoms with van der Waals surface area (Å²) >= 11 is 0. The molecule has 6 rings (SSSR count). The van der Waals surface area contributed by atoms with Crippen LogP contribution < -0.4 is 49.1 Å². The summed E-state index contributed by atoms with van der Waals surface area (Å²) in [5.41, 5.74) is 15.6. The fourth-order valence-corrected chi connectivity index (χ4v) is 7.12. The van der Waals surface area contributed by atoms with Crippen LogP contribution in [-0.2, 0) is 0 Å². The number of anilines is 6. The molecule has 0 aromatic carbocycles. The Morgan fingerprint density at radius 1 is 0.565 bits per heavy atom. The zero-order valence-corrected chi connectivity index (χ0v) is 42.3. The zero-order chi connectivity index (χ0) is 57.1. The van der Waals surface area contributed by atoms with Crippen molar-refractivity contribution in [1.82, 2.24) is 29.9 Å². The average molecular weight is 970 g/mol. The lowest BCUT2D eigenvalue weighted by Crippen LogP contribution is -2.36. The number of rotatable bonds is 12. The van der Waals surface area contributed by atoms with Crippen LogP contribution in [0.4, 0.5) is 35.3 Å². The van der Waals surface area contributed by atoms with Crippen LogP contribution in [0.25, 0.3) is 0 Å². The molecular formula is C48H81N15O6. The Morgan fingerprint density at radius 3 is 1.29 bits per heavy atom. The number of nitrogens with two attached hydrogens (primary N) is 3. The third kappa shape index (κ3) is 18.3. The molecular weight excluding hydrogens is 883 g/mol. The normalized spacial score (nSPS) is 32.7. The van der Waals surface area contributed by atoms with Crippen molar-refractivity contribution in [3.05, 3.63) is 35.3 Å². The third-order valence-electron chi connectivity index (χ3n) is 11.0. The van der Waals surface area contributed by atoms with Gasteiger partial charge in [0.2, 0.25) is 17.8 Å². The molecule has 15 N–H and O–H groups in total. The maximum atomic E-state index is 11.7. The van der Waals surface area contributed by atoms with Crippen molar-refractivity contribution in [2.45, 2.75) is 194 Å². The Labute approximate surface area is 416 Å². The van der Waals surface area contributed by atoms with Crippen LogP contribution in [0.1, 0.15) is 180 Å². The lowest BCUT2D eigenvalue weighted by Gasteiger charge is -2.32. The number of nitrogens with zero attached hydrogens (tertiary/aromatic N) is 6. The fraction of sp³-hybridized carbons (Fsp3) is 0.688. The Morgan fingerprint density at radius 2 is 0.928 bits per heavy atom. The largest absolute Gasteiger partial charge is 0.393 e. The topological polar surface area (TPSA) is 339 Å². The van der Waals surface area contributed by atoms with Gasteiger partial charge in [-0.15, -0.1) is 0 Å². The summed E-state index contributed by atoms with van der Waals surface area (Å²) in [5, 5.41) is 48.8. The number of aromatic nitrogens is 6. The van der Waals surface area contributed by atoms with Gasteiger partial charge in [-0.2, -0.15) is 15.0 Å². The highest BCUT2D eigenvalue weighted by Gasteiger charge is 2.30. The van der Waals surface area contributed by atoms with Crippen LogP contribution in [0.15, 0.2) is 18.6 Å². The van der Waals surface area contributed by atoms with Gasteiger partial charge in [0.15, 0.2) is 0 Å². The van der Waals surface area contributed by atoms with Gasteiger partial charge in [0, 0.05) is 56.0 Å². The summed E-state index contributed by atoms with van der Waals surface area (Å²) in [7, 11) is 0. The van der Waals surface area contributed by atoms with E-state index < -0.39 is 60.3 Å². The Balaban J connectivity index is 0.000000244. The van der Waals surface area contributed by atoms with Crippen LogP contribution in [0.5, 0.6) is 0 Å². The lowest BCUT2D eigenvalue weighted by molar-refractivity contribution is 0.0737. The van der Waals surface area contributed by atoms with E-state index >= 15 is 0 Å². The molecule has 21 heteroatoms. The van der Waals surface area contributed by atoms with Crippen molar-refractivity contribution in [2.75, 3.05) is 31.9 Å². The fourth-order valence-electron chi connectivity index (χ4n) is 7.12. The van der Waals surface area contributed by atoms with Gasteiger partial charge in [-0.05, 0) is 138 Å². The molecule has 384 valence electrons. The molecule has 3 heterocycles. The Hall–Kier alpha value is -5.67. The Bertz CT molecular complexity index is 2510. The maximum Gasteiger partial charge on any atom is 0.254 e. The number of primary amides is 3. The summed E-state index contributed by atoms with van der Waals surface area (Å²) in [6.07, 6.45) is 1.15. The van der Waals surface area contributed by atoms with E-state index in [2.05, 4.69) is 61.8 Å². The van der Waals surface area contributed by atoms with Gasteiger partial charge < -0.3 is 64.4 Å². The molecule has 3 aliphatic carbocycles. The number of hydrogen-bond donors (Lipinski definition) is 12. The standard InChI is InChI=1S/3C16H27N5O2/c3*1-9-5-6-10(7-12(9)22)19-14-11(13(17)23)8-18-15(20-14)21-16(2,3)4/h3*8-10,12,22H,5-7H2,1-4H3,(H2,17,23)(H2,18,19,20,21)/i9D,10D,12D;10D,12D;7D. The first kappa shape index (κ1) is 47.0. The predicted molar refractivity (Wildman–Crippen MR) is 271 cm³/mol. The van der Waals surface area contributed by atoms with Gasteiger partial charge in [0.05, 0.1) is 40.4 Å². The molecule has 10 atom stereocenters. The van der Waals surface area contributed by atoms with Gasteiger partial charge in [-0.1, -0.05) is 20.8 Å². The van der Waals surface area contributed by atoms with E-state index in [1.54, 1.807) is 6.92 Å². The number of nitrogens with one attached hydrogen (secondary N) is 6. The number of aliphatic hydroxyl groups is 3. The zero-order valence-electron chi connectivity index (χ0n) is 48.3. The second kappa shape index (κ2) is 23.8. The Kier molecular flexibility index (Phi) is 16.2. The van der Waals surface area contributed by atoms with E-state index in [1.165, 1.54) is 25.5 Å². The molecule has 0 bridgehead atoms. The second-order valence-electron chi connectivity index (χ2n) is 21.0. The average Bonchev–Trinajstić information content (AvgIpc) is 3.22. The lowest BCUT2D eigenvalue weighted by atomic mass is 9.85. The molecule has 3 aliphatic rings. The highest BCUT2D eigenvalue weighted by atomic mass is 16.3. The molecule has 3 aromatic heterocycles. The molecule has 3 amide bonds. The van der Waals surface area contributed by atoms with E-state index in [0.717, 1.165) is 12.8 Å². The highest BCUT2D eigenvalue weighted by Crippen LogP contribution is 2.30. The molecule has 0 radical (unpaired) electrons. The van der Waals surface area contributed by atoms with Crippen LogP contribution in [0, 0.1) is 17.7 Å². The van der Waals surface area contributed by atoms with E-state index in [9.17, 15) is 29.7 Å². The number of amides is 3. The first-order valence-corrected chi connectivity index (χ1v) is 23.3. The van der Waals surface area contributed by atoms with Crippen molar-refractivity contribution < 1.29 is 37.9 Å². The summed E-state index contributed by atoms with van der Waals surface area (Å²) < 4.78 is 49.4. The highest BCUT2D eigenvalue weighted by molar-refractivity contribution is 5.98. The van der Waals surface area contributed by atoms with Crippen LogP contribution >= 0.6 is 0 Å². The minimum Gasteiger partial charge on any atom is -0.393 e. The summed E-state index contributed by atoms with van der Waals surface area (Å²) in [6.45, 7) is 22.7. The number of hydrogen-bond acceptors (Lipinski definition) is 18. The first-order valence-electron chi connectivity index (χ1n) is 26.3. The van der Waals surface area contributed by atoms with Crippen molar-refractivity contribution >= 4 is 53.0 Å². The SMILES string of the molecule is [2H]C1(Nc2nc(NC(C)(C)C)ncc2C(N)=O)CCC(C)C([2H])(O)C1.[2H]C1(Nc2nc(NC(C)(C)C)ncc2C(N)=O)CCC([2H])(C)C([2H])(O)C1.[2H]C1C(Nc2nc(NC(C)(C)C)ncc2C(N)=O)CCC(C)C1O. The van der Waals surface area contributed by atoms with E-state index in [1.807, 2.05) is 69.2 Å². The van der Waals surface area contributed by atoms with E-state index in [4.69, 9.17) is 25.4 Å². The molecule has 69 heavy (non-hydrogen) atoms. The predicted octanol–water partition coefficient (Wildman–Crippen LogP) is 5.24. The van der Waals surface area contributed by atoms with Crippen LogP contribution in [-0.4, -0.2) is 116 Å². The third-order valence-corrected chi connectivity index (χ3v) is 11.0. The second-order valence-corrected chi connectivity index (χ2v) is 21.0.